The minimum Gasteiger partial charge on any atom is -0.507 e. The normalized spacial score (nSPS) is 19.7. The molecule has 0 aromatic heterocycles. The van der Waals surface area contributed by atoms with Crippen molar-refractivity contribution in [3.05, 3.63) is 82.9 Å². The van der Waals surface area contributed by atoms with Gasteiger partial charge in [-0.25, -0.2) is 0 Å². The minimum atomic E-state index is -0.842. The summed E-state index contributed by atoms with van der Waals surface area (Å²) in [6.07, 6.45) is 0. The molecule has 3 aliphatic rings. The zero-order valence-electron chi connectivity index (χ0n) is 18.1. The van der Waals surface area contributed by atoms with Crippen LogP contribution in [0.1, 0.15) is 22.7 Å². The molecule has 1 unspecified atom stereocenters. The minimum absolute atomic E-state index is 0.00729. The topological polar surface area (TPSA) is 94.5 Å². The van der Waals surface area contributed by atoms with Crippen molar-refractivity contribution in [2.75, 3.05) is 18.5 Å². The number of aliphatic hydroxyl groups excluding tert-OH is 1. The Kier molecular flexibility index (Phi) is 4.48. The zero-order chi connectivity index (χ0) is 23.4. The number of nitrogens with zero attached hydrogens (tertiary/aromatic N) is 1. The quantitative estimate of drug-likeness (QED) is 0.360. The number of hydrogen-bond acceptors (Lipinski definition) is 7. The predicted octanol–water partition coefficient (Wildman–Crippen LogP) is 4.08. The van der Waals surface area contributed by atoms with Gasteiger partial charge in [-0.05, 0) is 42.8 Å². The third-order valence-corrected chi connectivity index (χ3v) is 6.08. The third kappa shape index (κ3) is 3.07. The lowest BCUT2D eigenvalue weighted by atomic mass is 9.94. The van der Waals surface area contributed by atoms with Crippen molar-refractivity contribution in [2.24, 2.45) is 0 Å². The average molecular weight is 457 g/mol. The summed E-state index contributed by atoms with van der Waals surface area (Å²) < 4.78 is 21.6. The molecule has 34 heavy (non-hydrogen) atoms. The highest BCUT2D eigenvalue weighted by molar-refractivity contribution is 6.51. The number of ether oxygens (including phenoxy) is 4. The van der Waals surface area contributed by atoms with Crippen LogP contribution >= 0.6 is 0 Å². The van der Waals surface area contributed by atoms with Crippen molar-refractivity contribution >= 4 is 23.1 Å². The number of amides is 1. The van der Waals surface area contributed by atoms with Gasteiger partial charge in [0.25, 0.3) is 11.7 Å². The number of hydrogen-bond donors (Lipinski definition) is 1. The molecule has 0 bridgehead atoms. The Morgan fingerprint density at radius 2 is 1.53 bits per heavy atom. The van der Waals surface area contributed by atoms with E-state index < -0.39 is 17.7 Å². The molecule has 1 N–H and O–H groups in total. The van der Waals surface area contributed by atoms with Crippen LogP contribution in [-0.4, -0.2) is 30.4 Å². The fourth-order valence-electron chi connectivity index (χ4n) is 4.49. The number of fused-ring (bicyclic) bond motifs is 2. The largest absolute Gasteiger partial charge is 0.507 e. The molecule has 3 heterocycles. The number of anilines is 1. The van der Waals surface area contributed by atoms with Gasteiger partial charge in [0.1, 0.15) is 5.76 Å². The number of ketones is 1. The molecule has 0 saturated carbocycles. The van der Waals surface area contributed by atoms with Crippen molar-refractivity contribution in [1.82, 2.24) is 0 Å². The number of rotatable bonds is 3. The second kappa shape index (κ2) is 7.55. The van der Waals surface area contributed by atoms with Gasteiger partial charge in [0.05, 0.1) is 11.6 Å². The number of aliphatic hydroxyl groups is 1. The molecule has 1 amide bonds. The molecule has 8 nitrogen and oxygen atoms in total. The maximum atomic E-state index is 13.3. The van der Waals surface area contributed by atoms with E-state index in [9.17, 15) is 14.7 Å². The molecular formula is C26H19NO7. The van der Waals surface area contributed by atoms with Crippen molar-refractivity contribution < 1.29 is 33.6 Å². The predicted molar refractivity (Wildman–Crippen MR) is 121 cm³/mol. The molecule has 3 aromatic carbocycles. The second-order valence-electron chi connectivity index (χ2n) is 8.19. The van der Waals surface area contributed by atoms with Crippen LogP contribution in [0.15, 0.2) is 66.2 Å². The molecule has 3 aliphatic heterocycles. The van der Waals surface area contributed by atoms with E-state index in [2.05, 4.69) is 0 Å². The van der Waals surface area contributed by atoms with Crippen LogP contribution in [0.3, 0.4) is 0 Å². The Balaban J connectivity index is 1.54. The molecule has 0 radical (unpaired) electrons. The number of aryl methyl sites for hydroxylation is 1. The van der Waals surface area contributed by atoms with Gasteiger partial charge in [-0.2, -0.15) is 0 Å². The van der Waals surface area contributed by atoms with Crippen LogP contribution in [0, 0.1) is 6.92 Å². The smallest absolute Gasteiger partial charge is 0.300 e. The van der Waals surface area contributed by atoms with E-state index in [1.54, 1.807) is 36.4 Å². The summed E-state index contributed by atoms with van der Waals surface area (Å²) in [7, 11) is 0. The summed E-state index contributed by atoms with van der Waals surface area (Å²) in [5.41, 5.74) is 2.45. The third-order valence-electron chi connectivity index (χ3n) is 6.08. The number of carbonyl (C=O) groups excluding carboxylic acids is 2. The fraction of sp³-hybridized carbons (Fsp3) is 0.154. The maximum absolute atomic E-state index is 13.3. The number of Topliss-reactive ketones (excluding diaryl/α,β-unsaturated/α-hetero) is 1. The molecule has 170 valence electrons. The van der Waals surface area contributed by atoms with E-state index in [1.165, 1.54) is 4.90 Å². The van der Waals surface area contributed by atoms with Gasteiger partial charge < -0.3 is 24.1 Å². The molecule has 8 heteroatoms. The molecule has 3 aromatic rings. The first-order valence-electron chi connectivity index (χ1n) is 10.7. The summed E-state index contributed by atoms with van der Waals surface area (Å²) in [4.78, 5) is 28.0. The van der Waals surface area contributed by atoms with Crippen molar-refractivity contribution in [2.45, 2.75) is 13.0 Å². The standard InChI is InChI=1S/C26H19NO7/c1-14-3-2-4-15(9-14)23-22(24(28)16-5-7-18-20(10-16)33-12-31-18)25(29)26(30)27(23)17-6-8-19-21(11-17)34-13-32-19/h2-11,23,28H,12-13H2,1H3/b24-22+. The van der Waals surface area contributed by atoms with Crippen LogP contribution in [0.2, 0.25) is 0 Å². The lowest BCUT2D eigenvalue weighted by Gasteiger charge is -2.26. The van der Waals surface area contributed by atoms with Crippen LogP contribution in [0.25, 0.3) is 5.76 Å². The number of carbonyl (C=O) groups is 2. The Morgan fingerprint density at radius 1 is 0.853 bits per heavy atom. The highest BCUT2D eigenvalue weighted by atomic mass is 16.7. The molecule has 0 spiro atoms. The van der Waals surface area contributed by atoms with E-state index in [0.717, 1.165) is 5.56 Å². The van der Waals surface area contributed by atoms with Crippen molar-refractivity contribution in [3.63, 3.8) is 0 Å². The van der Waals surface area contributed by atoms with E-state index >= 15 is 0 Å². The molecule has 1 atom stereocenters. The Labute approximate surface area is 194 Å². The SMILES string of the molecule is Cc1cccc(C2/C(=C(\O)c3ccc4c(c3)OCO4)C(=O)C(=O)N2c2ccc3c(c2)OCO3)c1. The van der Waals surface area contributed by atoms with Gasteiger partial charge in [-0.3, -0.25) is 14.5 Å². The maximum Gasteiger partial charge on any atom is 0.300 e. The fourth-order valence-corrected chi connectivity index (χ4v) is 4.49. The Hall–Kier alpha value is -4.46. The van der Waals surface area contributed by atoms with E-state index in [1.807, 2.05) is 31.2 Å². The van der Waals surface area contributed by atoms with Gasteiger partial charge in [-0.15, -0.1) is 0 Å². The molecule has 0 aliphatic carbocycles. The van der Waals surface area contributed by atoms with Crippen LogP contribution in [-0.2, 0) is 9.59 Å². The Morgan fingerprint density at radius 3 is 2.26 bits per heavy atom. The summed E-state index contributed by atoms with van der Waals surface area (Å²) in [5.74, 6) is 0.248. The van der Waals surface area contributed by atoms with E-state index in [4.69, 9.17) is 18.9 Å². The van der Waals surface area contributed by atoms with Gasteiger partial charge >= 0.3 is 0 Å². The van der Waals surface area contributed by atoms with Crippen LogP contribution < -0.4 is 23.8 Å². The highest BCUT2D eigenvalue weighted by Crippen LogP contribution is 2.45. The summed E-state index contributed by atoms with van der Waals surface area (Å²) in [6.45, 7) is 2.09. The lowest BCUT2D eigenvalue weighted by Crippen LogP contribution is -2.29. The Bertz CT molecular complexity index is 1390. The monoisotopic (exact) mass is 457 g/mol. The summed E-state index contributed by atoms with van der Waals surface area (Å²) in [5, 5.41) is 11.3. The van der Waals surface area contributed by atoms with Crippen LogP contribution in [0.5, 0.6) is 23.0 Å². The average Bonchev–Trinajstić information content (AvgIpc) is 3.56. The summed E-state index contributed by atoms with van der Waals surface area (Å²) in [6, 6.07) is 16.6. The second-order valence-corrected chi connectivity index (χ2v) is 8.19. The van der Waals surface area contributed by atoms with Crippen LogP contribution in [0.4, 0.5) is 5.69 Å². The van der Waals surface area contributed by atoms with Crippen molar-refractivity contribution in [3.8, 4) is 23.0 Å². The van der Waals surface area contributed by atoms with Crippen molar-refractivity contribution in [1.29, 1.82) is 0 Å². The number of benzene rings is 3. The first-order chi connectivity index (χ1) is 16.5. The van der Waals surface area contributed by atoms with E-state index in [0.29, 0.717) is 39.8 Å². The van der Waals surface area contributed by atoms with Gasteiger partial charge in [0.2, 0.25) is 13.6 Å². The lowest BCUT2D eigenvalue weighted by molar-refractivity contribution is -0.132. The molecule has 1 saturated heterocycles. The van der Waals surface area contributed by atoms with E-state index in [-0.39, 0.29) is 24.9 Å². The summed E-state index contributed by atoms with van der Waals surface area (Å²) >= 11 is 0. The first-order valence-corrected chi connectivity index (χ1v) is 10.7. The molecule has 6 rings (SSSR count). The highest BCUT2D eigenvalue weighted by Gasteiger charge is 2.47. The molecular weight excluding hydrogens is 438 g/mol. The first kappa shape index (κ1) is 20.2. The zero-order valence-corrected chi connectivity index (χ0v) is 18.1. The van der Waals surface area contributed by atoms with Gasteiger partial charge in [-0.1, -0.05) is 29.8 Å². The van der Waals surface area contributed by atoms with Gasteiger partial charge in [0.15, 0.2) is 23.0 Å². The molecule has 1 fully saturated rings. The van der Waals surface area contributed by atoms with Gasteiger partial charge in [0, 0.05) is 17.3 Å².